The molecule has 1 amide bonds. The summed E-state index contributed by atoms with van der Waals surface area (Å²) in [5.74, 6) is 0.496. The van der Waals surface area contributed by atoms with Gasteiger partial charge in [0.25, 0.3) is 5.91 Å². The highest BCUT2D eigenvalue weighted by Gasteiger charge is 2.19. The normalized spacial score (nSPS) is 10.7. The second kappa shape index (κ2) is 7.51. The second-order valence-electron chi connectivity index (χ2n) is 6.03. The van der Waals surface area contributed by atoms with Gasteiger partial charge >= 0.3 is 0 Å². The lowest BCUT2D eigenvalue weighted by Crippen LogP contribution is -2.24. The molecule has 1 N–H and O–H groups in total. The Kier molecular flexibility index (Phi) is 4.77. The Hall–Kier alpha value is -3.31. The van der Waals surface area contributed by atoms with E-state index in [9.17, 15) is 4.79 Å². The number of benzene rings is 2. The molecule has 0 saturated heterocycles. The number of aromatic nitrogens is 3. The minimum atomic E-state index is -0.194. The highest BCUT2D eigenvalue weighted by molar-refractivity contribution is 6.30. The smallest absolute Gasteiger partial charge is 0.256 e. The predicted octanol–water partition coefficient (Wildman–Crippen LogP) is 4.25. The van der Waals surface area contributed by atoms with Crippen LogP contribution in [0.15, 0.2) is 85.3 Å². The Balaban J connectivity index is 1.66. The van der Waals surface area contributed by atoms with Crippen LogP contribution in [0.25, 0.3) is 11.5 Å². The molecule has 0 aliphatic carbocycles. The van der Waals surface area contributed by atoms with Crippen molar-refractivity contribution in [1.82, 2.24) is 19.7 Å². The van der Waals surface area contributed by atoms with Crippen molar-refractivity contribution in [3.63, 3.8) is 0 Å². The molecule has 27 heavy (non-hydrogen) atoms. The summed E-state index contributed by atoms with van der Waals surface area (Å²) in [6.07, 6.45) is 5.38. The summed E-state index contributed by atoms with van der Waals surface area (Å²) in [6.45, 7) is 0.390. The molecule has 4 rings (SSSR count). The third-order valence-electron chi connectivity index (χ3n) is 4.18. The fourth-order valence-corrected chi connectivity index (χ4v) is 3.12. The number of amides is 1. The number of nitrogens with one attached hydrogen (secondary N) is 1. The van der Waals surface area contributed by atoms with Gasteiger partial charge in [-0.05, 0) is 42.0 Å². The monoisotopic (exact) mass is 376 g/mol. The molecule has 5 nitrogen and oxygen atoms in total. The number of rotatable bonds is 5. The van der Waals surface area contributed by atoms with Crippen LogP contribution in [0.4, 0.5) is 0 Å². The van der Waals surface area contributed by atoms with E-state index in [0.717, 1.165) is 11.3 Å². The van der Waals surface area contributed by atoms with Crippen LogP contribution in [0.5, 0.6) is 0 Å². The zero-order chi connectivity index (χ0) is 18.6. The van der Waals surface area contributed by atoms with Gasteiger partial charge in [0, 0.05) is 24.0 Å². The zero-order valence-electron chi connectivity index (χ0n) is 14.4. The SMILES string of the molecule is O=C(NCc1cccc(Cl)c1)c1cnn(-c2ccccc2)c1-n1cccc1. The van der Waals surface area contributed by atoms with E-state index in [1.54, 1.807) is 16.9 Å². The maximum Gasteiger partial charge on any atom is 0.256 e. The topological polar surface area (TPSA) is 51.9 Å². The van der Waals surface area contributed by atoms with E-state index in [4.69, 9.17) is 11.6 Å². The maximum absolute atomic E-state index is 12.9. The van der Waals surface area contributed by atoms with Gasteiger partial charge in [0.2, 0.25) is 0 Å². The van der Waals surface area contributed by atoms with Crippen molar-refractivity contribution in [2.24, 2.45) is 0 Å². The molecule has 4 aromatic rings. The zero-order valence-corrected chi connectivity index (χ0v) is 15.2. The molecule has 0 fully saturated rings. The van der Waals surface area contributed by atoms with Gasteiger partial charge in [-0.15, -0.1) is 0 Å². The Morgan fingerprint density at radius 2 is 1.78 bits per heavy atom. The van der Waals surface area contributed by atoms with Gasteiger partial charge in [0.1, 0.15) is 5.56 Å². The second-order valence-corrected chi connectivity index (χ2v) is 6.47. The summed E-state index contributed by atoms with van der Waals surface area (Å²) in [5, 5.41) is 8.04. The molecular weight excluding hydrogens is 360 g/mol. The number of hydrogen-bond acceptors (Lipinski definition) is 2. The number of nitrogens with zero attached hydrogens (tertiary/aromatic N) is 3. The molecule has 0 aliphatic rings. The lowest BCUT2D eigenvalue weighted by molar-refractivity contribution is 0.0951. The standard InChI is InChI=1S/C21H17ClN4O/c22-17-8-6-7-16(13-17)14-23-20(27)19-15-24-26(18-9-2-1-3-10-18)21(19)25-11-4-5-12-25/h1-13,15H,14H2,(H,23,27). The molecule has 0 bridgehead atoms. The third-order valence-corrected chi connectivity index (χ3v) is 4.42. The van der Waals surface area contributed by atoms with Gasteiger partial charge in [0.15, 0.2) is 5.82 Å². The Bertz CT molecular complexity index is 1060. The number of para-hydroxylation sites is 1. The molecule has 0 atom stereocenters. The molecular formula is C21H17ClN4O. The summed E-state index contributed by atoms with van der Waals surface area (Å²) >= 11 is 6.01. The van der Waals surface area contributed by atoms with Crippen LogP contribution >= 0.6 is 11.6 Å². The quantitative estimate of drug-likeness (QED) is 0.566. The van der Waals surface area contributed by atoms with Gasteiger partial charge in [-0.1, -0.05) is 41.9 Å². The van der Waals surface area contributed by atoms with Gasteiger partial charge in [-0.3, -0.25) is 4.79 Å². The van der Waals surface area contributed by atoms with Gasteiger partial charge in [-0.25, -0.2) is 4.68 Å². The molecule has 0 aliphatic heterocycles. The maximum atomic E-state index is 12.9. The van der Waals surface area contributed by atoms with Crippen molar-refractivity contribution >= 4 is 17.5 Å². The molecule has 0 saturated carbocycles. The van der Waals surface area contributed by atoms with E-state index in [0.29, 0.717) is 22.9 Å². The van der Waals surface area contributed by atoms with Crippen molar-refractivity contribution in [2.45, 2.75) is 6.54 Å². The van der Waals surface area contributed by atoms with E-state index in [-0.39, 0.29) is 5.91 Å². The first kappa shape index (κ1) is 17.1. The van der Waals surface area contributed by atoms with Crippen molar-refractivity contribution in [1.29, 1.82) is 0 Å². The first-order chi connectivity index (χ1) is 13.2. The fraction of sp³-hybridized carbons (Fsp3) is 0.0476. The average Bonchev–Trinajstić information content (AvgIpc) is 3.36. The third kappa shape index (κ3) is 3.64. The molecule has 2 aromatic carbocycles. The molecule has 6 heteroatoms. The van der Waals surface area contributed by atoms with E-state index in [1.165, 1.54) is 0 Å². The molecule has 2 heterocycles. The Morgan fingerprint density at radius 1 is 1.00 bits per heavy atom. The summed E-state index contributed by atoms with van der Waals surface area (Å²) in [5.41, 5.74) is 2.32. The molecule has 0 radical (unpaired) electrons. The van der Waals surface area contributed by atoms with Crippen molar-refractivity contribution < 1.29 is 4.79 Å². The van der Waals surface area contributed by atoms with E-state index in [1.807, 2.05) is 77.6 Å². The van der Waals surface area contributed by atoms with Gasteiger partial charge < -0.3 is 9.88 Å². The first-order valence-corrected chi connectivity index (χ1v) is 8.89. The van der Waals surface area contributed by atoms with Crippen LogP contribution in [0.2, 0.25) is 5.02 Å². The van der Waals surface area contributed by atoms with Crippen LogP contribution in [0.1, 0.15) is 15.9 Å². The summed E-state index contributed by atoms with van der Waals surface area (Å²) in [6, 6.07) is 21.0. The van der Waals surface area contributed by atoms with Crippen molar-refractivity contribution in [3.8, 4) is 11.5 Å². The number of hydrogen-bond donors (Lipinski definition) is 1. The van der Waals surface area contributed by atoms with Gasteiger partial charge in [0.05, 0.1) is 11.9 Å². The molecule has 2 aromatic heterocycles. The van der Waals surface area contributed by atoms with Crippen LogP contribution < -0.4 is 5.32 Å². The first-order valence-electron chi connectivity index (χ1n) is 8.52. The van der Waals surface area contributed by atoms with E-state index < -0.39 is 0 Å². The average molecular weight is 377 g/mol. The van der Waals surface area contributed by atoms with Crippen LogP contribution in [0.3, 0.4) is 0 Å². The van der Waals surface area contributed by atoms with Crippen LogP contribution in [0, 0.1) is 0 Å². The number of carbonyl (C=O) groups is 1. The predicted molar refractivity (Wildman–Crippen MR) is 106 cm³/mol. The fourth-order valence-electron chi connectivity index (χ4n) is 2.91. The summed E-state index contributed by atoms with van der Waals surface area (Å²) in [7, 11) is 0. The van der Waals surface area contributed by atoms with E-state index in [2.05, 4.69) is 10.4 Å². The number of carbonyl (C=O) groups excluding carboxylic acids is 1. The molecule has 134 valence electrons. The van der Waals surface area contributed by atoms with E-state index >= 15 is 0 Å². The van der Waals surface area contributed by atoms with Gasteiger partial charge in [-0.2, -0.15) is 5.10 Å². The molecule has 0 unspecified atom stereocenters. The number of halogens is 1. The van der Waals surface area contributed by atoms with Crippen molar-refractivity contribution in [3.05, 3.63) is 101 Å². The highest BCUT2D eigenvalue weighted by atomic mass is 35.5. The Labute approximate surface area is 161 Å². The summed E-state index contributed by atoms with van der Waals surface area (Å²) < 4.78 is 3.64. The summed E-state index contributed by atoms with van der Waals surface area (Å²) in [4.78, 5) is 12.9. The highest BCUT2D eigenvalue weighted by Crippen LogP contribution is 2.20. The molecule has 0 spiro atoms. The minimum Gasteiger partial charge on any atom is -0.348 e. The lowest BCUT2D eigenvalue weighted by Gasteiger charge is -2.11. The lowest BCUT2D eigenvalue weighted by atomic mass is 10.2. The van der Waals surface area contributed by atoms with Crippen molar-refractivity contribution in [2.75, 3.05) is 0 Å². The Morgan fingerprint density at radius 3 is 2.52 bits per heavy atom. The van der Waals surface area contributed by atoms with Crippen LogP contribution in [-0.4, -0.2) is 20.3 Å². The van der Waals surface area contributed by atoms with Crippen LogP contribution in [-0.2, 0) is 6.54 Å². The minimum absolute atomic E-state index is 0.194. The largest absolute Gasteiger partial charge is 0.348 e.